The Morgan fingerprint density at radius 3 is 2.35 bits per heavy atom. The maximum absolute atomic E-state index is 12.3. The maximum atomic E-state index is 12.3. The molecule has 0 aliphatic carbocycles. The van der Waals surface area contributed by atoms with Crippen molar-refractivity contribution < 1.29 is 4.79 Å². The molecule has 1 fully saturated rings. The van der Waals surface area contributed by atoms with Crippen LogP contribution in [-0.4, -0.2) is 29.9 Å². The Morgan fingerprint density at radius 2 is 1.90 bits per heavy atom. The molecule has 5 heteroatoms. The van der Waals surface area contributed by atoms with Gasteiger partial charge in [-0.3, -0.25) is 4.79 Å². The number of halogens is 1. The van der Waals surface area contributed by atoms with E-state index in [4.69, 9.17) is 11.0 Å². The highest BCUT2D eigenvalue weighted by Gasteiger charge is 2.25. The second-order valence-electron chi connectivity index (χ2n) is 5.18. The van der Waals surface area contributed by atoms with Gasteiger partial charge in [0.25, 0.3) is 5.91 Å². The summed E-state index contributed by atoms with van der Waals surface area (Å²) in [6.07, 6.45) is 1.94. The van der Waals surface area contributed by atoms with E-state index >= 15 is 0 Å². The molecule has 0 saturated carbocycles. The zero-order valence-electron chi connectivity index (χ0n) is 11.6. The number of nitriles is 1. The summed E-state index contributed by atoms with van der Waals surface area (Å²) in [7, 11) is 0. The number of carbonyl (C=O) groups excluding carboxylic acids is 1. The second kappa shape index (κ2) is 7.28. The number of carbonyl (C=O) groups is 1. The van der Waals surface area contributed by atoms with E-state index in [1.807, 2.05) is 11.8 Å². The highest BCUT2D eigenvalue weighted by Crippen LogP contribution is 2.21. The molecule has 4 nitrogen and oxygen atoms in total. The molecule has 108 valence electrons. The standard InChI is InChI=1S/C15H19N3O.ClH/c1-11(17)13-6-8-18(9-7-13)15(19)14-4-2-12(10-16)3-5-14;/h2-5,11,13H,6-9,17H2,1H3;1H. The lowest BCUT2D eigenvalue weighted by Crippen LogP contribution is -2.42. The van der Waals surface area contributed by atoms with Crippen molar-refractivity contribution in [2.45, 2.75) is 25.8 Å². The first-order chi connectivity index (χ1) is 9.11. The van der Waals surface area contributed by atoms with Crippen molar-refractivity contribution in [1.29, 1.82) is 5.26 Å². The van der Waals surface area contributed by atoms with Crippen LogP contribution < -0.4 is 5.73 Å². The van der Waals surface area contributed by atoms with Gasteiger partial charge in [0.05, 0.1) is 11.6 Å². The predicted octanol–water partition coefficient (Wildman–Crippen LogP) is 2.18. The number of piperidine rings is 1. The third-order valence-corrected chi connectivity index (χ3v) is 3.83. The van der Waals surface area contributed by atoms with Crippen LogP contribution in [0.4, 0.5) is 0 Å². The molecule has 0 bridgehead atoms. The van der Waals surface area contributed by atoms with Crippen LogP contribution in [0.25, 0.3) is 0 Å². The monoisotopic (exact) mass is 293 g/mol. The third-order valence-electron chi connectivity index (χ3n) is 3.83. The van der Waals surface area contributed by atoms with Crippen molar-refractivity contribution in [2.75, 3.05) is 13.1 Å². The molecular weight excluding hydrogens is 274 g/mol. The Balaban J connectivity index is 0.00000200. The number of nitrogens with zero attached hydrogens (tertiary/aromatic N) is 2. The fourth-order valence-corrected chi connectivity index (χ4v) is 2.50. The molecule has 1 aromatic carbocycles. The molecule has 1 heterocycles. The minimum absolute atomic E-state index is 0. The van der Waals surface area contributed by atoms with Gasteiger partial charge in [0.2, 0.25) is 0 Å². The Kier molecular flexibility index (Phi) is 6.00. The summed E-state index contributed by atoms with van der Waals surface area (Å²) in [5.41, 5.74) is 7.12. The molecule has 1 aromatic rings. The number of hydrogen-bond donors (Lipinski definition) is 1. The van der Waals surface area contributed by atoms with Crippen LogP contribution in [0.15, 0.2) is 24.3 Å². The van der Waals surface area contributed by atoms with Crippen molar-refractivity contribution in [3.8, 4) is 6.07 Å². The minimum Gasteiger partial charge on any atom is -0.339 e. The molecule has 1 aliphatic rings. The van der Waals surface area contributed by atoms with Gasteiger partial charge in [-0.1, -0.05) is 0 Å². The molecule has 2 rings (SSSR count). The number of amides is 1. The first kappa shape index (κ1) is 16.5. The first-order valence-corrected chi connectivity index (χ1v) is 6.67. The topological polar surface area (TPSA) is 70.1 Å². The molecule has 1 aliphatic heterocycles. The van der Waals surface area contributed by atoms with Gasteiger partial charge in [0.15, 0.2) is 0 Å². The number of nitrogens with two attached hydrogens (primary N) is 1. The Labute approximate surface area is 126 Å². The largest absolute Gasteiger partial charge is 0.339 e. The van der Waals surface area contributed by atoms with Crippen molar-refractivity contribution in [1.82, 2.24) is 4.90 Å². The Hall–Kier alpha value is -1.57. The highest BCUT2D eigenvalue weighted by atomic mass is 35.5. The fraction of sp³-hybridized carbons (Fsp3) is 0.467. The molecule has 1 atom stereocenters. The second-order valence-corrected chi connectivity index (χ2v) is 5.18. The van der Waals surface area contributed by atoms with E-state index < -0.39 is 0 Å². The number of likely N-dealkylation sites (tertiary alicyclic amines) is 1. The van der Waals surface area contributed by atoms with E-state index in [0.29, 0.717) is 17.0 Å². The van der Waals surface area contributed by atoms with Crippen molar-refractivity contribution in [3.05, 3.63) is 35.4 Å². The average Bonchev–Trinajstić information content (AvgIpc) is 2.46. The number of benzene rings is 1. The van der Waals surface area contributed by atoms with Crippen LogP contribution in [0.1, 0.15) is 35.7 Å². The molecule has 0 aromatic heterocycles. The lowest BCUT2D eigenvalue weighted by atomic mass is 9.90. The van der Waals surface area contributed by atoms with Gasteiger partial charge in [-0.15, -0.1) is 12.4 Å². The van der Waals surface area contributed by atoms with E-state index in [9.17, 15) is 4.79 Å². The van der Waals surface area contributed by atoms with E-state index in [2.05, 4.69) is 6.07 Å². The van der Waals surface area contributed by atoms with Crippen LogP contribution in [0, 0.1) is 17.2 Å². The normalized spacial score (nSPS) is 16.9. The third kappa shape index (κ3) is 3.72. The van der Waals surface area contributed by atoms with Gasteiger partial charge < -0.3 is 10.6 Å². The molecule has 1 unspecified atom stereocenters. The molecule has 1 amide bonds. The first-order valence-electron chi connectivity index (χ1n) is 6.67. The quantitative estimate of drug-likeness (QED) is 0.908. The lowest BCUT2D eigenvalue weighted by Gasteiger charge is -2.33. The molecular formula is C15H20ClN3O. The van der Waals surface area contributed by atoms with Crippen molar-refractivity contribution in [2.24, 2.45) is 11.7 Å². The number of rotatable bonds is 2. The van der Waals surface area contributed by atoms with Crippen LogP contribution in [0.2, 0.25) is 0 Å². The van der Waals surface area contributed by atoms with Gasteiger partial charge in [-0.25, -0.2) is 0 Å². The summed E-state index contributed by atoms with van der Waals surface area (Å²) in [5.74, 6) is 0.567. The van der Waals surface area contributed by atoms with Crippen LogP contribution in [-0.2, 0) is 0 Å². The summed E-state index contributed by atoms with van der Waals surface area (Å²) in [4.78, 5) is 14.2. The van der Waals surface area contributed by atoms with Crippen LogP contribution in [0.3, 0.4) is 0 Å². The SMILES string of the molecule is CC(N)C1CCN(C(=O)c2ccc(C#N)cc2)CC1.Cl. The van der Waals surface area contributed by atoms with Gasteiger partial charge in [0, 0.05) is 24.7 Å². The molecule has 1 saturated heterocycles. The Morgan fingerprint density at radius 1 is 1.35 bits per heavy atom. The summed E-state index contributed by atoms with van der Waals surface area (Å²) < 4.78 is 0. The van der Waals surface area contributed by atoms with Crippen LogP contribution in [0.5, 0.6) is 0 Å². The molecule has 0 radical (unpaired) electrons. The zero-order chi connectivity index (χ0) is 13.8. The van der Waals surface area contributed by atoms with E-state index in [1.165, 1.54) is 0 Å². The van der Waals surface area contributed by atoms with Gasteiger partial charge >= 0.3 is 0 Å². The Bertz CT molecular complexity index is 485. The number of hydrogen-bond acceptors (Lipinski definition) is 3. The summed E-state index contributed by atoms with van der Waals surface area (Å²) in [5, 5.41) is 8.74. The zero-order valence-corrected chi connectivity index (χ0v) is 12.4. The molecule has 0 spiro atoms. The van der Waals surface area contributed by atoms with Crippen molar-refractivity contribution in [3.63, 3.8) is 0 Å². The van der Waals surface area contributed by atoms with Gasteiger partial charge in [-0.05, 0) is 49.9 Å². The summed E-state index contributed by atoms with van der Waals surface area (Å²) in [6.45, 7) is 3.57. The maximum Gasteiger partial charge on any atom is 0.253 e. The molecule has 20 heavy (non-hydrogen) atoms. The predicted molar refractivity (Wildman–Crippen MR) is 80.7 cm³/mol. The van der Waals surface area contributed by atoms with Crippen LogP contribution >= 0.6 is 12.4 Å². The van der Waals surface area contributed by atoms with Gasteiger partial charge in [-0.2, -0.15) is 5.26 Å². The lowest BCUT2D eigenvalue weighted by molar-refractivity contribution is 0.0681. The summed E-state index contributed by atoms with van der Waals surface area (Å²) >= 11 is 0. The van der Waals surface area contributed by atoms with E-state index in [1.54, 1.807) is 24.3 Å². The van der Waals surface area contributed by atoms with Crippen molar-refractivity contribution >= 4 is 18.3 Å². The fourth-order valence-electron chi connectivity index (χ4n) is 2.50. The van der Waals surface area contributed by atoms with Gasteiger partial charge in [0.1, 0.15) is 0 Å². The highest BCUT2D eigenvalue weighted by molar-refractivity contribution is 5.94. The van der Waals surface area contributed by atoms with E-state index in [0.717, 1.165) is 25.9 Å². The summed E-state index contributed by atoms with van der Waals surface area (Å²) in [6, 6.07) is 9.06. The smallest absolute Gasteiger partial charge is 0.253 e. The molecule has 2 N–H and O–H groups in total. The average molecular weight is 294 g/mol. The van der Waals surface area contributed by atoms with E-state index in [-0.39, 0.29) is 24.4 Å². The minimum atomic E-state index is 0.